The van der Waals surface area contributed by atoms with Crippen molar-refractivity contribution in [2.45, 2.75) is 85.5 Å². The maximum absolute atomic E-state index is 13.2. The van der Waals surface area contributed by atoms with Crippen LogP contribution in [0.3, 0.4) is 0 Å². The normalized spacial score (nSPS) is 40.8. The first-order chi connectivity index (χ1) is 14.4. The van der Waals surface area contributed by atoms with Crippen molar-refractivity contribution in [2.24, 2.45) is 39.4 Å². The number of aliphatic carboxylic acids is 1. The van der Waals surface area contributed by atoms with E-state index in [9.17, 15) is 19.5 Å². The lowest BCUT2D eigenvalue weighted by Gasteiger charge is -2.61. The lowest BCUT2D eigenvalue weighted by Crippen LogP contribution is -2.58. The monoisotopic (exact) mass is 433 g/mol. The molecule has 0 aromatic rings. The smallest absolute Gasteiger partial charge is 0.312 e. The minimum absolute atomic E-state index is 0.0370. The number of hydrogen-bond acceptors (Lipinski definition) is 4. The summed E-state index contributed by atoms with van der Waals surface area (Å²) >= 11 is 0. The highest BCUT2D eigenvalue weighted by atomic mass is 16.5. The number of nitrogens with one attached hydrogen (secondary N) is 1. The Hall–Kier alpha value is -1.59. The molecule has 0 aliphatic heterocycles. The van der Waals surface area contributed by atoms with Crippen molar-refractivity contribution < 1.29 is 24.2 Å². The third-order valence-corrected chi connectivity index (χ3v) is 9.33. The van der Waals surface area contributed by atoms with Crippen molar-refractivity contribution in [3.63, 3.8) is 0 Å². The molecule has 4 unspecified atom stereocenters. The molecule has 5 rings (SSSR count). The summed E-state index contributed by atoms with van der Waals surface area (Å²) in [7, 11) is 0. The van der Waals surface area contributed by atoms with Crippen LogP contribution in [-0.4, -0.2) is 36.1 Å². The quantitative estimate of drug-likeness (QED) is 0.464. The van der Waals surface area contributed by atoms with Crippen molar-refractivity contribution in [2.75, 3.05) is 13.2 Å². The zero-order valence-corrected chi connectivity index (χ0v) is 19.6. The fourth-order valence-corrected chi connectivity index (χ4v) is 8.32. The SMILES string of the molecule is CC1CCC1(C(=O)OCCNC(=O)C12CC3CC(CC(CC(=O)O)(C3)C1)C2)C(C)(C)C. The third kappa shape index (κ3) is 3.68. The lowest BCUT2D eigenvalue weighted by atomic mass is 9.43. The highest BCUT2D eigenvalue weighted by Crippen LogP contribution is 2.66. The molecule has 0 saturated heterocycles. The number of ether oxygens (including phenoxy) is 1. The average molecular weight is 434 g/mol. The van der Waals surface area contributed by atoms with Crippen LogP contribution in [-0.2, 0) is 19.1 Å². The Kier molecular flexibility index (Phi) is 5.45. The highest BCUT2D eigenvalue weighted by molar-refractivity contribution is 5.83. The summed E-state index contributed by atoms with van der Waals surface area (Å²) in [6.07, 6.45) is 7.58. The van der Waals surface area contributed by atoms with Gasteiger partial charge in [-0.25, -0.2) is 0 Å². The summed E-state index contributed by atoms with van der Waals surface area (Å²) in [4.78, 5) is 37.7. The van der Waals surface area contributed by atoms with Crippen molar-refractivity contribution in [3.05, 3.63) is 0 Å². The molecule has 2 N–H and O–H groups in total. The predicted octanol–water partition coefficient (Wildman–Crippen LogP) is 4.17. The summed E-state index contributed by atoms with van der Waals surface area (Å²) < 4.78 is 5.66. The van der Waals surface area contributed by atoms with E-state index in [1.165, 1.54) is 0 Å². The van der Waals surface area contributed by atoms with Gasteiger partial charge in [0.05, 0.1) is 23.8 Å². The molecular weight excluding hydrogens is 394 g/mol. The van der Waals surface area contributed by atoms with Crippen molar-refractivity contribution in [1.29, 1.82) is 0 Å². The minimum Gasteiger partial charge on any atom is -0.481 e. The molecule has 4 bridgehead atoms. The maximum Gasteiger partial charge on any atom is 0.312 e. The largest absolute Gasteiger partial charge is 0.481 e. The Labute approximate surface area is 185 Å². The van der Waals surface area contributed by atoms with Gasteiger partial charge in [-0.2, -0.15) is 0 Å². The summed E-state index contributed by atoms with van der Waals surface area (Å²) in [5, 5.41) is 12.5. The van der Waals surface area contributed by atoms with Crippen LogP contribution in [0.25, 0.3) is 0 Å². The standard InChI is InChI=1S/C25H39NO5/c1-16-5-6-25(16,22(2,3)4)21(30)31-8-7-26-20(29)24-12-17-9-18(13-24)11-23(10-17,15-24)14-19(27)28/h16-18H,5-15H2,1-4H3,(H,26,29)(H,27,28). The van der Waals surface area contributed by atoms with Gasteiger partial charge in [-0.05, 0) is 80.0 Å². The van der Waals surface area contributed by atoms with Gasteiger partial charge in [-0.15, -0.1) is 0 Å². The predicted molar refractivity (Wildman–Crippen MR) is 116 cm³/mol. The number of amides is 1. The molecule has 5 aliphatic rings. The Morgan fingerprint density at radius 1 is 1.10 bits per heavy atom. The topological polar surface area (TPSA) is 92.7 Å². The molecule has 6 heteroatoms. The fraction of sp³-hybridized carbons (Fsp3) is 0.880. The van der Waals surface area contributed by atoms with Gasteiger partial charge in [0.15, 0.2) is 0 Å². The van der Waals surface area contributed by atoms with E-state index in [0.717, 1.165) is 44.9 Å². The van der Waals surface area contributed by atoms with Crippen molar-refractivity contribution in [1.82, 2.24) is 5.32 Å². The third-order valence-electron chi connectivity index (χ3n) is 9.33. The molecule has 5 saturated carbocycles. The number of esters is 1. The molecule has 0 radical (unpaired) electrons. The van der Waals surface area contributed by atoms with E-state index in [1.54, 1.807) is 0 Å². The second kappa shape index (κ2) is 7.48. The van der Waals surface area contributed by atoms with E-state index in [0.29, 0.717) is 30.7 Å². The second-order valence-corrected chi connectivity index (χ2v) is 12.4. The van der Waals surface area contributed by atoms with Crippen molar-refractivity contribution >= 4 is 17.8 Å². The molecule has 1 amide bonds. The summed E-state index contributed by atoms with van der Waals surface area (Å²) in [5.74, 6) is 0.402. The van der Waals surface area contributed by atoms with Gasteiger partial charge in [-0.3, -0.25) is 14.4 Å². The fourth-order valence-electron chi connectivity index (χ4n) is 8.32. The summed E-state index contributed by atoms with van der Waals surface area (Å²) in [6, 6.07) is 0. The van der Waals surface area contributed by atoms with Crippen LogP contribution in [0.1, 0.15) is 85.5 Å². The van der Waals surface area contributed by atoms with Gasteiger partial charge in [0.1, 0.15) is 6.61 Å². The molecule has 174 valence electrons. The number of rotatable bonds is 7. The van der Waals surface area contributed by atoms with E-state index in [1.807, 2.05) is 0 Å². The Morgan fingerprint density at radius 2 is 1.74 bits per heavy atom. The van der Waals surface area contributed by atoms with E-state index >= 15 is 0 Å². The number of carbonyl (C=O) groups is 3. The van der Waals surface area contributed by atoms with Crippen LogP contribution < -0.4 is 5.32 Å². The number of carboxylic acids is 1. The van der Waals surface area contributed by atoms with Gasteiger partial charge in [0.25, 0.3) is 0 Å². The molecule has 0 aromatic heterocycles. The van der Waals surface area contributed by atoms with E-state index < -0.39 is 16.8 Å². The van der Waals surface area contributed by atoms with Gasteiger partial charge in [0.2, 0.25) is 5.91 Å². The zero-order chi connectivity index (χ0) is 22.7. The maximum atomic E-state index is 13.2. The van der Waals surface area contributed by atoms with Crippen LogP contribution in [0, 0.1) is 39.4 Å². The van der Waals surface area contributed by atoms with E-state index in [4.69, 9.17) is 4.74 Å². The van der Waals surface area contributed by atoms with Gasteiger partial charge in [0, 0.05) is 0 Å². The molecule has 4 atom stereocenters. The van der Waals surface area contributed by atoms with Gasteiger partial charge < -0.3 is 15.2 Å². The zero-order valence-electron chi connectivity index (χ0n) is 19.6. The molecular formula is C25H39NO5. The Morgan fingerprint density at radius 3 is 2.23 bits per heavy atom. The van der Waals surface area contributed by atoms with E-state index in [2.05, 4.69) is 33.0 Å². The molecule has 0 spiro atoms. The summed E-state index contributed by atoms with van der Waals surface area (Å²) in [6.45, 7) is 8.95. The second-order valence-electron chi connectivity index (χ2n) is 12.4. The molecule has 5 aliphatic carbocycles. The minimum atomic E-state index is -0.748. The number of hydrogen-bond donors (Lipinski definition) is 2. The van der Waals surface area contributed by atoms with Crippen molar-refractivity contribution in [3.8, 4) is 0 Å². The van der Waals surface area contributed by atoms with Crippen LogP contribution in [0.2, 0.25) is 0 Å². The first-order valence-electron chi connectivity index (χ1n) is 12.1. The Balaban J connectivity index is 1.33. The van der Waals surface area contributed by atoms with Crippen LogP contribution in [0.15, 0.2) is 0 Å². The Bertz CT molecular complexity index is 754. The number of carboxylic acid groups (broad SMARTS) is 1. The van der Waals surface area contributed by atoms with Crippen LogP contribution in [0.4, 0.5) is 0 Å². The molecule has 6 nitrogen and oxygen atoms in total. The first-order valence-corrected chi connectivity index (χ1v) is 12.1. The van der Waals surface area contributed by atoms with Gasteiger partial charge in [-0.1, -0.05) is 27.7 Å². The van der Waals surface area contributed by atoms with Crippen LogP contribution >= 0.6 is 0 Å². The molecule has 5 fully saturated rings. The lowest BCUT2D eigenvalue weighted by molar-refractivity contribution is -0.182. The van der Waals surface area contributed by atoms with Gasteiger partial charge >= 0.3 is 11.9 Å². The number of carbonyl (C=O) groups excluding carboxylic acids is 2. The average Bonchev–Trinajstić information content (AvgIpc) is 2.60. The molecule has 0 heterocycles. The summed E-state index contributed by atoms with van der Waals surface area (Å²) in [5.41, 5.74) is -1.22. The van der Waals surface area contributed by atoms with E-state index in [-0.39, 0.29) is 35.7 Å². The highest BCUT2D eigenvalue weighted by Gasteiger charge is 2.61. The molecule has 0 aromatic carbocycles. The first kappa shape index (κ1) is 22.6. The molecule has 31 heavy (non-hydrogen) atoms. The van der Waals surface area contributed by atoms with Crippen LogP contribution in [0.5, 0.6) is 0 Å².